The van der Waals surface area contributed by atoms with E-state index in [0.29, 0.717) is 36.2 Å². The van der Waals surface area contributed by atoms with E-state index in [-0.39, 0.29) is 24.0 Å². The highest BCUT2D eigenvalue weighted by molar-refractivity contribution is 6.48. The highest BCUT2D eigenvalue weighted by Crippen LogP contribution is 2.65. The van der Waals surface area contributed by atoms with Crippen LogP contribution in [0.15, 0.2) is 84.9 Å². The lowest BCUT2D eigenvalue weighted by Crippen LogP contribution is -2.65. The number of hydrogen-bond acceptors (Lipinski definition) is 6. The van der Waals surface area contributed by atoms with E-state index in [1.165, 1.54) is 0 Å². The summed E-state index contributed by atoms with van der Waals surface area (Å²) in [7, 11) is -0.612. The maximum Gasteiger partial charge on any atom is 0.482 e. The molecule has 3 aliphatic carbocycles. The third-order valence-corrected chi connectivity index (χ3v) is 10.6. The van der Waals surface area contributed by atoms with Crippen molar-refractivity contribution < 1.29 is 28.4 Å². The molecular formula is C36H41BN2O6. The lowest BCUT2D eigenvalue weighted by atomic mass is 9.43. The fourth-order valence-corrected chi connectivity index (χ4v) is 7.91. The molecule has 3 saturated carbocycles. The zero-order chi connectivity index (χ0) is 31.2. The van der Waals surface area contributed by atoms with Crippen molar-refractivity contribution in [2.75, 3.05) is 6.61 Å². The number of hydrogen-bond donors (Lipinski definition) is 2. The minimum atomic E-state index is -0.884. The molecule has 0 radical (unpaired) electrons. The molecule has 2 amide bonds. The van der Waals surface area contributed by atoms with Crippen LogP contribution in [0.1, 0.15) is 44.7 Å². The first kappa shape index (κ1) is 29.9. The Kier molecular flexibility index (Phi) is 7.86. The van der Waals surface area contributed by atoms with E-state index >= 15 is 0 Å². The van der Waals surface area contributed by atoms with Crippen LogP contribution in [0.2, 0.25) is 0 Å². The van der Waals surface area contributed by atoms with E-state index in [1.54, 1.807) is 12.1 Å². The summed E-state index contributed by atoms with van der Waals surface area (Å²) in [5.41, 5.74) is 1.79. The molecule has 2 N–H and O–H groups in total. The zero-order valence-corrected chi connectivity index (χ0v) is 26.1. The molecule has 0 aromatic heterocycles. The van der Waals surface area contributed by atoms with Crippen LogP contribution in [0.3, 0.4) is 0 Å². The van der Waals surface area contributed by atoms with Crippen LogP contribution >= 0.6 is 0 Å². The van der Waals surface area contributed by atoms with Crippen LogP contribution < -0.4 is 20.1 Å². The topological polar surface area (TPSA) is 95.1 Å². The number of ether oxygens (including phenoxy) is 2. The molecule has 1 unspecified atom stereocenters. The van der Waals surface area contributed by atoms with Gasteiger partial charge in [-0.2, -0.15) is 0 Å². The van der Waals surface area contributed by atoms with E-state index in [2.05, 4.69) is 31.4 Å². The fraction of sp³-hybridized carbons (Fsp3) is 0.444. The predicted octanol–water partition coefficient (Wildman–Crippen LogP) is 4.55. The number of benzene rings is 3. The van der Waals surface area contributed by atoms with Crippen molar-refractivity contribution in [2.45, 2.75) is 76.2 Å². The summed E-state index contributed by atoms with van der Waals surface area (Å²) < 4.78 is 25.2. The Morgan fingerprint density at radius 2 is 1.49 bits per heavy atom. The van der Waals surface area contributed by atoms with Gasteiger partial charge >= 0.3 is 7.12 Å². The first-order valence-corrected chi connectivity index (χ1v) is 16.1. The largest absolute Gasteiger partial charge is 0.485 e. The number of carbonyl (C=O) groups is 2. The van der Waals surface area contributed by atoms with Gasteiger partial charge in [0.1, 0.15) is 12.6 Å². The maximum absolute atomic E-state index is 14.2. The number of nitrogens with one attached hydrogen (secondary N) is 2. The standard InChI is InChI=1S/C36H41BN2O6/c1-35(2)25-20-30(35)36(3)31(21-25)44-37(45-36)32(19-24-14-8-5-9-15-24)39-33(40)26(18-23-12-6-4-7-13-23)38-34(41)29-22-42-27-16-10-11-17-28(27)43-29/h4-17,25-26,29-32H,18-22H2,1-3H3,(H,38,41)(H,39,40)/t25-,26+,29?,30-,31-,32+,36+/m1/s1. The molecule has 45 heavy (non-hydrogen) atoms. The Hall–Kier alpha value is -3.82. The van der Waals surface area contributed by atoms with Crippen LogP contribution in [0.4, 0.5) is 0 Å². The quantitative estimate of drug-likeness (QED) is 0.347. The Morgan fingerprint density at radius 3 is 2.18 bits per heavy atom. The second kappa shape index (κ2) is 11.8. The molecule has 2 bridgehead atoms. The Labute approximate surface area is 265 Å². The lowest BCUT2D eigenvalue weighted by molar-refractivity contribution is -0.199. The van der Waals surface area contributed by atoms with Gasteiger partial charge in [-0.15, -0.1) is 0 Å². The van der Waals surface area contributed by atoms with Crippen LogP contribution in [0.5, 0.6) is 11.5 Å². The minimum absolute atomic E-state index is 0.0133. The van der Waals surface area contributed by atoms with E-state index in [1.807, 2.05) is 72.8 Å². The second-order valence-corrected chi connectivity index (χ2v) is 13.8. The molecule has 3 aromatic rings. The summed E-state index contributed by atoms with van der Waals surface area (Å²) >= 11 is 0. The molecule has 1 saturated heterocycles. The van der Waals surface area contributed by atoms with E-state index < -0.39 is 36.7 Å². The average molecular weight is 609 g/mol. The molecule has 2 heterocycles. The van der Waals surface area contributed by atoms with Crippen molar-refractivity contribution >= 4 is 18.9 Å². The van der Waals surface area contributed by atoms with Crippen molar-refractivity contribution in [3.05, 3.63) is 96.1 Å². The Bertz CT molecular complexity index is 1540. The molecule has 8 rings (SSSR count). The van der Waals surface area contributed by atoms with Gasteiger partial charge in [-0.1, -0.05) is 86.6 Å². The van der Waals surface area contributed by atoms with E-state index in [0.717, 1.165) is 24.0 Å². The van der Waals surface area contributed by atoms with Gasteiger partial charge in [0.05, 0.1) is 17.6 Å². The van der Waals surface area contributed by atoms with Gasteiger partial charge in [0.15, 0.2) is 11.5 Å². The molecule has 3 aromatic carbocycles. The van der Waals surface area contributed by atoms with Crippen LogP contribution in [-0.2, 0) is 31.7 Å². The van der Waals surface area contributed by atoms with Crippen molar-refractivity contribution in [3.63, 3.8) is 0 Å². The Morgan fingerprint density at radius 1 is 0.844 bits per heavy atom. The highest BCUT2D eigenvalue weighted by Gasteiger charge is 2.68. The van der Waals surface area contributed by atoms with Gasteiger partial charge in [0, 0.05) is 6.42 Å². The summed E-state index contributed by atoms with van der Waals surface area (Å²) in [4.78, 5) is 27.7. The van der Waals surface area contributed by atoms with Gasteiger partial charge in [-0.3, -0.25) is 9.59 Å². The molecule has 234 valence electrons. The summed E-state index contributed by atoms with van der Waals surface area (Å²) in [6, 6.07) is 26.1. The number of carbonyl (C=O) groups excluding carboxylic acids is 2. The first-order valence-electron chi connectivity index (χ1n) is 16.1. The van der Waals surface area contributed by atoms with Gasteiger partial charge in [-0.05, 0) is 66.7 Å². The number of amides is 2. The van der Waals surface area contributed by atoms with Crippen LogP contribution in [0.25, 0.3) is 0 Å². The molecule has 5 aliphatic rings. The third-order valence-electron chi connectivity index (χ3n) is 10.6. The van der Waals surface area contributed by atoms with Crippen molar-refractivity contribution in [2.24, 2.45) is 17.3 Å². The maximum atomic E-state index is 14.2. The predicted molar refractivity (Wildman–Crippen MR) is 171 cm³/mol. The summed E-state index contributed by atoms with van der Waals surface area (Å²) in [5.74, 6) is 0.946. The summed E-state index contributed by atoms with van der Waals surface area (Å²) in [6.45, 7) is 6.92. The monoisotopic (exact) mass is 608 g/mol. The minimum Gasteiger partial charge on any atom is -0.485 e. The number of rotatable bonds is 9. The number of fused-ring (bicyclic) bond motifs is 1. The first-order chi connectivity index (χ1) is 21.7. The molecule has 4 fully saturated rings. The zero-order valence-electron chi connectivity index (χ0n) is 26.1. The van der Waals surface area contributed by atoms with Crippen molar-refractivity contribution in [1.82, 2.24) is 10.6 Å². The SMILES string of the molecule is CC1(C)[C@@H]2C[C@H]1[C@]1(C)OB([C@H](Cc3ccccc3)NC(=O)[C@H](Cc3ccccc3)NC(=O)C3COc4ccccc4O3)O[C@@H]1C2. The van der Waals surface area contributed by atoms with E-state index in [9.17, 15) is 9.59 Å². The van der Waals surface area contributed by atoms with Gasteiger partial charge in [0.2, 0.25) is 12.0 Å². The van der Waals surface area contributed by atoms with Crippen LogP contribution in [0, 0.1) is 17.3 Å². The Balaban J connectivity index is 1.11. The van der Waals surface area contributed by atoms with Gasteiger partial charge in [0.25, 0.3) is 5.91 Å². The number of para-hydroxylation sites is 2. The van der Waals surface area contributed by atoms with Gasteiger partial charge < -0.3 is 29.4 Å². The second-order valence-electron chi connectivity index (χ2n) is 13.8. The molecule has 8 nitrogen and oxygen atoms in total. The summed E-state index contributed by atoms with van der Waals surface area (Å²) in [5, 5.41) is 6.22. The molecule has 7 atom stereocenters. The van der Waals surface area contributed by atoms with Crippen molar-refractivity contribution in [3.8, 4) is 11.5 Å². The van der Waals surface area contributed by atoms with Crippen LogP contribution in [-0.4, -0.2) is 55.3 Å². The van der Waals surface area contributed by atoms with Gasteiger partial charge in [-0.25, -0.2) is 0 Å². The lowest BCUT2D eigenvalue weighted by Gasteiger charge is -2.64. The highest BCUT2D eigenvalue weighted by atomic mass is 16.7. The third kappa shape index (κ3) is 5.72. The molecule has 0 spiro atoms. The van der Waals surface area contributed by atoms with Crippen molar-refractivity contribution in [1.29, 1.82) is 0 Å². The fourth-order valence-electron chi connectivity index (χ4n) is 7.91. The molecule has 9 heteroatoms. The normalized spacial score (nSPS) is 28.6. The average Bonchev–Trinajstić information content (AvgIpc) is 3.42. The molecule has 2 aliphatic heterocycles. The van der Waals surface area contributed by atoms with E-state index in [4.69, 9.17) is 18.8 Å². The smallest absolute Gasteiger partial charge is 0.482 e. The summed E-state index contributed by atoms with van der Waals surface area (Å²) in [6.07, 6.45) is 2.05. The molecular weight excluding hydrogens is 567 g/mol.